The minimum Gasteiger partial charge on any atom is -0.354 e. The highest BCUT2D eigenvalue weighted by Gasteiger charge is 2.22. The molecule has 1 aliphatic heterocycles. The van der Waals surface area contributed by atoms with Crippen LogP contribution in [0.15, 0.2) is 65.8 Å². The lowest BCUT2D eigenvalue weighted by molar-refractivity contribution is 0.509. The van der Waals surface area contributed by atoms with E-state index in [1.165, 1.54) is 6.07 Å². The molecule has 0 saturated heterocycles. The Hall–Kier alpha value is -3.32. The van der Waals surface area contributed by atoms with Crippen molar-refractivity contribution in [2.75, 3.05) is 18.1 Å². The van der Waals surface area contributed by atoms with Crippen LogP contribution in [-0.4, -0.2) is 27.8 Å². The third kappa shape index (κ3) is 3.65. The number of hydrogen-bond acceptors (Lipinski definition) is 5. The lowest BCUT2D eigenvalue weighted by atomic mass is 10.0. The van der Waals surface area contributed by atoms with Crippen molar-refractivity contribution in [1.82, 2.24) is 9.97 Å². The number of anilines is 2. The standard InChI is InChI=1S/C24H18F2N4S/c1-31-24-23-20(9-11-28-24)30-21(14-7-8-16(25)17(26)12-14)13-22(23)29-19-6-2-5-18-15(19)4-3-10-27-18/h2-8,10,12-13H,9,11H2,1H3,(H,29,30). The molecule has 31 heavy (non-hydrogen) atoms. The molecule has 0 saturated carbocycles. The zero-order chi connectivity index (χ0) is 21.4. The van der Waals surface area contributed by atoms with Crippen molar-refractivity contribution in [1.29, 1.82) is 0 Å². The largest absolute Gasteiger partial charge is 0.354 e. The molecule has 0 unspecified atom stereocenters. The van der Waals surface area contributed by atoms with Gasteiger partial charge in [0, 0.05) is 35.8 Å². The second-order valence-corrected chi connectivity index (χ2v) is 7.94. The molecule has 3 heterocycles. The van der Waals surface area contributed by atoms with E-state index in [1.807, 2.05) is 42.7 Å². The second kappa shape index (κ2) is 8.07. The monoisotopic (exact) mass is 432 g/mol. The van der Waals surface area contributed by atoms with E-state index in [0.717, 1.165) is 44.6 Å². The minimum absolute atomic E-state index is 0.526. The molecule has 4 nitrogen and oxygen atoms in total. The van der Waals surface area contributed by atoms with Crippen molar-refractivity contribution in [2.45, 2.75) is 6.42 Å². The maximum Gasteiger partial charge on any atom is 0.159 e. The number of hydrogen-bond donors (Lipinski definition) is 1. The molecule has 0 bridgehead atoms. The fourth-order valence-electron chi connectivity index (χ4n) is 3.79. The minimum atomic E-state index is -0.891. The van der Waals surface area contributed by atoms with Gasteiger partial charge in [0.1, 0.15) is 5.04 Å². The zero-order valence-corrected chi connectivity index (χ0v) is 17.5. The molecule has 1 aliphatic rings. The van der Waals surface area contributed by atoms with Crippen LogP contribution in [0, 0.1) is 11.6 Å². The highest BCUT2D eigenvalue weighted by Crippen LogP contribution is 2.35. The highest BCUT2D eigenvalue weighted by atomic mass is 32.2. The Balaban J connectivity index is 1.69. The first-order valence-corrected chi connectivity index (χ1v) is 11.1. The van der Waals surface area contributed by atoms with E-state index in [1.54, 1.807) is 24.0 Å². The Morgan fingerprint density at radius 3 is 2.71 bits per heavy atom. The number of thioether (sulfide) groups is 1. The van der Waals surface area contributed by atoms with Crippen LogP contribution in [0.1, 0.15) is 11.3 Å². The van der Waals surface area contributed by atoms with Gasteiger partial charge in [-0.2, -0.15) is 0 Å². The maximum absolute atomic E-state index is 13.9. The molecule has 0 aliphatic carbocycles. The number of aliphatic imine (C=N–C) groups is 1. The number of rotatable bonds is 3. The van der Waals surface area contributed by atoms with Crippen molar-refractivity contribution in [3.05, 3.63) is 83.7 Å². The molecule has 0 fully saturated rings. The molecule has 2 aromatic carbocycles. The fraction of sp³-hybridized carbons (Fsp3) is 0.125. The number of nitrogens with one attached hydrogen (secondary N) is 1. The number of benzene rings is 2. The quantitative estimate of drug-likeness (QED) is 0.432. The van der Waals surface area contributed by atoms with Gasteiger partial charge < -0.3 is 5.32 Å². The second-order valence-electron chi connectivity index (χ2n) is 7.15. The Kier molecular flexibility index (Phi) is 5.11. The summed E-state index contributed by atoms with van der Waals surface area (Å²) in [4.78, 5) is 13.9. The van der Waals surface area contributed by atoms with Crippen molar-refractivity contribution in [3.63, 3.8) is 0 Å². The Morgan fingerprint density at radius 2 is 1.87 bits per heavy atom. The summed E-state index contributed by atoms with van der Waals surface area (Å²) in [7, 11) is 0. The molecule has 1 N–H and O–H groups in total. The van der Waals surface area contributed by atoms with Gasteiger partial charge in [-0.1, -0.05) is 6.07 Å². The summed E-state index contributed by atoms with van der Waals surface area (Å²) in [5.74, 6) is -1.77. The number of nitrogens with zero attached hydrogens (tertiary/aromatic N) is 3. The van der Waals surface area contributed by atoms with E-state index in [4.69, 9.17) is 4.98 Å². The molecule has 2 aromatic heterocycles. The molecule has 7 heteroatoms. The van der Waals surface area contributed by atoms with Crippen LogP contribution in [0.2, 0.25) is 0 Å². The molecule has 0 spiro atoms. The summed E-state index contributed by atoms with van der Waals surface area (Å²) in [5, 5.41) is 5.43. The van der Waals surface area contributed by atoms with Crippen LogP contribution in [-0.2, 0) is 6.42 Å². The predicted octanol–water partition coefficient (Wildman–Crippen LogP) is 5.98. The van der Waals surface area contributed by atoms with Gasteiger partial charge in [0.05, 0.1) is 28.2 Å². The van der Waals surface area contributed by atoms with Gasteiger partial charge in [-0.25, -0.2) is 8.78 Å². The first-order chi connectivity index (χ1) is 15.1. The van der Waals surface area contributed by atoms with Gasteiger partial charge in [0.25, 0.3) is 0 Å². The van der Waals surface area contributed by atoms with Crippen molar-refractivity contribution >= 4 is 39.1 Å². The van der Waals surface area contributed by atoms with Crippen molar-refractivity contribution in [2.24, 2.45) is 4.99 Å². The van der Waals surface area contributed by atoms with Crippen LogP contribution in [0.5, 0.6) is 0 Å². The van der Waals surface area contributed by atoms with Gasteiger partial charge in [0.2, 0.25) is 0 Å². The first kappa shape index (κ1) is 19.6. The fourth-order valence-corrected chi connectivity index (χ4v) is 4.44. The highest BCUT2D eigenvalue weighted by molar-refractivity contribution is 8.13. The van der Waals surface area contributed by atoms with E-state index < -0.39 is 11.6 Å². The maximum atomic E-state index is 13.9. The summed E-state index contributed by atoms with van der Waals surface area (Å²) < 4.78 is 27.4. The first-order valence-electron chi connectivity index (χ1n) is 9.83. The van der Waals surface area contributed by atoms with E-state index >= 15 is 0 Å². The van der Waals surface area contributed by atoms with Crippen LogP contribution < -0.4 is 5.32 Å². The Morgan fingerprint density at radius 1 is 0.968 bits per heavy atom. The van der Waals surface area contributed by atoms with Crippen molar-refractivity contribution < 1.29 is 8.78 Å². The molecule has 4 aromatic rings. The van der Waals surface area contributed by atoms with Crippen LogP contribution in [0.4, 0.5) is 20.2 Å². The summed E-state index contributed by atoms with van der Waals surface area (Å²) in [6.07, 6.45) is 4.44. The predicted molar refractivity (Wildman–Crippen MR) is 123 cm³/mol. The Labute approximate surface area is 182 Å². The van der Waals surface area contributed by atoms with Gasteiger partial charge in [0.15, 0.2) is 11.6 Å². The number of halogens is 2. The molecule has 5 rings (SSSR count). The molecular formula is C24H18F2N4S. The molecule has 0 atom stereocenters. The third-order valence-corrected chi connectivity index (χ3v) is 5.96. The molecule has 0 amide bonds. The summed E-state index contributed by atoms with van der Waals surface area (Å²) >= 11 is 1.57. The van der Waals surface area contributed by atoms with E-state index in [2.05, 4.69) is 15.3 Å². The van der Waals surface area contributed by atoms with Gasteiger partial charge in [-0.05, 0) is 54.8 Å². The van der Waals surface area contributed by atoms with E-state index in [9.17, 15) is 8.78 Å². The number of pyridine rings is 2. The topological polar surface area (TPSA) is 50.2 Å². The average Bonchev–Trinajstić information content (AvgIpc) is 2.80. The summed E-state index contributed by atoms with van der Waals surface area (Å²) in [6, 6.07) is 15.5. The van der Waals surface area contributed by atoms with Gasteiger partial charge >= 0.3 is 0 Å². The zero-order valence-electron chi connectivity index (χ0n) is 16.7. The van der Waals surface area contributed by atoms with Crippen molar-refractivity contribution in [3.8, 4) is 11.3 Å². The van der Waals surface area contributed by atoms with Crippen LogP contribution in [0.25, 0.3) is 22.2 Å². The number of aromatic nitrogens is 2. The van der Waals surface area contributed by atoms with Crippen LogP contribution >= 0.6 is 11.8 Å². The average molecular weight is 432 g/mol. The van der Waals surface area contributed by atoms with Gasteiger partial charge in [-0.15, -0.1) is 11.8 Å². The van der Waals surface area contributed by atoms with E-state index in [0.29, 0.717) is 24.2 Å². The summed E-state index contributed by atoms with van der Waals surface area (Å²) in [5.41, 5.74) is 5.57. The molecular weight excluding hydrogens is 414 g/mol. The Bertz CT molecular complexity index is 1330. The van der Waals surface area contributed by atoms with Gasteiger partial charge in [-0.3, -0.25) is 15.0 Å². The lowest BCUT2D eigenvalue weighted by Crippen LogP contribution is -2.15. The SMILES string of the molecule is CSC1=NCCc2nc(-c3ccc(F)c(F)c3)cc(Nc3cccc4ncccc34)c21. The summed E-state index contributed by atoms with van der Waals surface area (Å²) in [6.45, 7) is 0.648. The number of fused-ring (bicyclic) bond motifs is 2. The molecule has 0 radical (unpaired) electrons. The molecule has 154 valence electrons. The van der Waals surface area contributed by atoms with Crippen LogP contribution in [0.3, 0.4) is 0 Å². The smallest absolute Gasteiger partial charge is 0.159 e. The third-order valence-electron chi connectivity index (χ3n) is 5.24. The normalized spacial score (nSPS) is 13.1. The lowest BCUT2D eigenvalue weighted by Gasteiger charge is -2.21. The van der Waals surface area contributed by atoms with E-state index in [-0.39, 0.29) is 0 Å².